The van der Waals surface area contributed by atoms with Gasteiger partial charge in [-0.15, -0.1) is 0 Å². The molecule has 0 bridgehead atoms. The Morgan fingerprint density at radius 2 is 2.09 bits per heavy atom. The summed E-state index contributed by atoms with van der Waals surface area (Å²) in [4.78, 5) is 12.2. The molecule has 0 fully saturated rings. The number of aryl methyl sites for hydroxylation is 2. The molecule has 2 heterocycles. The topological polar surface area (TPSA) is 56.2 Å². The number of nitrogens with one attached hydrogen (secondary N) is 1. The van der Waals surface area contributed by atoms with Crippen LogP contribution in [0.1, 0.15) is 32.7 Å². The SMILES string of the molecule is Cc1cc(C)cc(C(=O)NCCn2ncc3c2CCOC3)c1. The largest absolute Gasteiger partial charge is 0.376 e. The lowest BCUT2D eigenvalue weighted by Gasteiger charge is -2.15. The van der Waals surface area contributed by atoms with Gasteiger partial charge in [-0.25, -0.2) is 0 Å². The number of aromatic nitrogens is 2. The molecule has 2 aromatic rings. The van der Waals surface area contributed by atoms with E-state index in [0.717, 1.165) is 29.7 Å². The minimum atomic E-state index is -0.0313. The third-order valence-corrected chi connectivity index (χ3v) is 3.87. The van der Waals surface area contributed by atoms with E-state index in [1.165, 1.54) is 5.69 Å². The number of ether oxygens (including phenoxy) is 1. The summed E-state index contributed by atoms with van der Waals surface area (Å²) in [6.07, 6.45) is 2.75. The van der Waals surface area contributed by atoms with Crippen molar-refractivity contribution in [2.45, 2.75) is 33.4 Å². The summed E-state index contributed by atoms with van der Waals surface area (Å²) in [5.41, 5.74) is 5.31. The van der Waals surface area contributed by atoms with E-state index in [9.17, 15) is 4.79 Å². The molecule has 5 heteroatoms. The number of nitrogens with zero attached hydrogens (tertiary/aromatic N) is 2. The number of hydrogen-bond donors (Lipinski definition) is 1. The molecule has 0 unspecified atom stereocenters. The zero-order chi connectivity index (χ0) is 15.5. The molecular formula is C17H21N3O2. The molecule has 0 radical (unpaired) electrons. The summed E-state index contributed by atoms with van der Waals surface area (Å²) in [6.45, 7) is 6.65. The Hall–Kier alpha value is -2.14. The quantitative estimate of drug-likeness (QED) is 0.939. The number of benzene rings is 1. The fraction of sp³-hybridized carbons (Fsp3) is 0.412. The number of carbonyl (C=O) groups is 1. The molecule has 0 saturated heterocycles. The summed E-state index contributed by atoms with van der Waals surface area (Å²) in [5.74, 6) is -0.0313. The maximum Gasteiger partial charge on any atom is 0.251 e. The van der Waals surface area contributed by atoms with Gasteiger partial charge in [-0.05, 0) is 26.0 Å². The van der Waals surface area contributed by atoms with Gasteiger partial charge in [0.05, 0.1) is 26.0 Å². The first-order valence-electron chi connectivity index (χ1n) is 7.61. The molecule has 1 aromatic carbocycles. The molecule has 0 spiro atoms. The van der Waals surface area contributed by atoms with E-state index in [1.807, 2.05) is 36.9 Å². The van der Waals surface area contributed by atoms with Crippen molar-refractivity contribution in [3.8, 4) is 0 Å². The van der Waals surface area contributed by atoms with Crippen LogP contribution in [-0.2, 0) is 24.3 Å². The number of fused-ring (bicyclic) bond motifs is 1. The lowest BCUT2D eigenvalue weighted by atomic mass is 10.1. The smallest absolute Gasteiger partial charge is 0.251 e. The van der Waals surface area contributed by atoms with E-state index < -0.39 is 0 Å². The molecule has 0 atom stereocenters. The van der Waals surface area contributed by atoms with Crippen LogP contribution in [0.3, 0.4) is 0 Å². The van der Waals surface area contributed by atoms with Crippen molar-refractivity contribution >= 4 is 5.91 Å². The van der Waals surface area contributed by atoms with Crippen LogP contribution in [0.15, 0.2) is 24.4 Å². The zero-order valence-electron chi connectivity index (χ0n) is 13.1. The second-order valence-electron chi connectivity index (χ2n) is 5.77. The predicted molar refractivity (Wildman–Crippen MR) is 83.8 cm³/mol. The highest BCUT2D eigenvalue weighted by Crippen LogP contribution is 2.15. The molecule has 0 aliphatic carbocycles. The molecule has 22 heavy (non-hydrogen) atoms. The molecule has 1 aliphatic heterocycles. The summed E-state index contributed by atoms with van der Waals surface area (Å²) in [7, 11) is 0. The van der Waals surface area contributed by atoms with Crippen LogP contribution in [0.4, 0.5) is 0 Å². The Labute approximate surface area is 130 Å². The van der Waals surface area contributed by atoms with Crippen molar-refractivity contribution in [3.63, 3.8) is 0 Å². The third-order valence-electron chi connectivity index (χ3n) is 3.87. The van der Waals surface area contributed by atoms with E-state index in [1.54, 1.807) is 0 Å². The highest BCUT2D eigenvalue weighted by molar-refractivity contribution is 5.94. The second-order valence-corrected chi connectivity index (χ2v) is 5.77. The van der Waals surface area contributed by atoms with Gasteiger partial charge >= 0.3 is 0 Å². The Morgan fingerprint density at radius 1 is 1.32 bits per heavy atom. The molecule has 3 rings (SSSR count). The van der Waals surface area contributed by atoms with E-state index in [-0.39, 0.29) is 5.91 Å². The Balaban J connectivity index is 1.59. The van der Waals surface area contributed by atoms with Crippen LogP contribution in [0, 0.1) is 13.8 Å². The van der Waals surface area contributed by atoms with Gasteiger partial charge in [0.15, 0.2) is 0 Å². The van der Waals surface area contributed by atoms with Crippen molar-refractivity contribution in [2.75, 3.05) is 13.2 Å². The second kappa shape index (κ2) is 6.32. The van der Waals surface area contributed by atoms with E-state index in [0.29, 0.717) is 25.3 Å². The first kappa shape index (κ1) is 14.8. The molecule has 116 valence electrons. The summed E-state index contributed by atoms with van der Waals surface area (Å²) in [6, 6.07) is 5.89. The summed E-state index contributed by atoms with van der Waals surface area (Å²) in [5, 5.41) is 7.35. The zero-order valence-corrected chi connectivity index (χ0v) is 13.1. The van der Waals surface area contributed by atoms with Crippen molar-refractivity contribution in [3.05, 3.63) is 52.3 Å². The van der Waals surface area contributed by atoms with Crippen molar-refractivity contribution in [1.82, 2.24) is 15.1 Å². The standard InChI is InChI=1S/C17H21N3O2/c1-12-7-13(2)9-14(8-12)17(21)18-4-5-20-16-3-6-22-11-15(16)10-19-20/h7-10H,3-6,11H2,1-2H3,(H,18,21). The van der Waals surface area contributed by atoms with Crippen molar-refractivity contribution in [2.24, 2.45) is 0 Å². The molecule has 0 saturated carbocycles. The van der Waals surface area contributed by atoms with E-state index in [4.69, 9.17) is 4.74 Å². The Kier molecular flexibility index (Phi) is 4.24. The van der Waals surface area contributed by atoms with Gasteiger partial charge in [0.2, 0.25) is 0 Å². The Morgan fingerprint density at radius 3 is 2.86 bits per heavy atom. The average molecular weight is 299 g/mol. The lowest BCUT2D eigenvalue weighted by molar-refractivity contribution is 0.0950. The van der Waals surface area contributed by atoms with E-state index in [2.05, 4.69) is 16.5 Å². The maximum atomic E-state index is 12.2. The Bertz CT molecular complexity index is 671. The summed E-state index contributed by atoms with van der Waals surface area (Å²) < 4.78 is 7.38. The highest BCUT2D eigenvalue weighted by Gasteiger charge is 2.15. The fourth-order valence-electron chi connectivity index (χ4n) is 2.89. The molecule has 1 N–H and O–H groups in total. The van der Waals surface area contributed by atoms with Gasteiger partial charge in [-0.2, -0.15) is 5.10 Å². The van der Waals surface area contributed by atoms with Crippen LogP contribution in [-0.4, -0.2) is 28.8 Å². The van der Waals surface area contributed by atoms with Gasteiger partial charge in [0.1, 0.15) is 0 Å². The van der Waals surface area contributed by atoms with Crippen LogP contribution < -0.4 is 5.32 Å². The normalized spacial score (nSPS) is 13.7. The first-order chi connectivity index (χ1) is 10.6. The maximum absolute atomic E-state index is 12.2. The number of carbonyl (C=O) groups excluding carboxylic acids is 1. The van der Waals surface area contributed by atoms with Crippen molar-refractivity contribution in [1.29, 1.82) is 0 Å². The van der Waals surface area contributed by atoms with Crippen LogP contribution in [0.25, 0.3) is 0 Å². The summed E-state index contributed by atoms with van der Waals surface area (Å²) >= 11 is 0. The lowest BCUT2D eigenvalue weighted by Crippen LogP contribution is -2.28. The van der Waals surface area contributed by atoms with Gasteiger partial charge in [-0.1, -0.05) is 17.2 Å². The predicted octanol–water partition coefficient (Wildman–Crippen LogP) is 2.00. The molecule has 1 amide bonds. The van der Waals surface area contributed by atoms with E-state index >= 15 is 0 Å². The third kappa shape index (κ3) is 3.20. The van der Waals surface area contributed by atoms with Gasteiger partial charge in [-0.3, -0.25) is 9.48 Å². The van der Waals surface area contributed by atoms with Crippen LogP contribution >= 0.6 is 0 Å². The number of hydrogen-bond acceptors (Lipinski definition) is 3. The van der Waals surface area contributed by atoms with Gasteiger partial charge < -0.3 is 10.1 Å². The molecule has 5 nitrogen and oxygen atoms in total. The molecule has 1 aromatic heterocycles. The monoisotopic (exact) mass is 299 g/mol. The number of rotatable bonds is 4. The minimum Gasteiger partial charge on any atom is -0.376 e. The first-order valence-corrected chi connectivity index (χ1v) is 7.61. The van der Waals surface area contributed by atoms with Crippen molar-refractivity contribution < 1.29 is 9.53 Å². The minimum absolute atomic E-state index is 0.0313. The van der Waals surface area contributed by atoms with Crippen LogP contribution in [0.2, 0.25) is 0 Å². The molecular weight excluding hydrogens is 278 g/mol. The fourth-order valence-corrected chi connectivity index (χ4v) is 2.89. The number of amides is 1. The highest BCUT2D eigenvalue weighted by atomic mass is 16.5. The average Bonchev–Trinajstić information content (AvgIpc) is 2.90. The van der Waals surface area contributed by atoms with Gasteiger partial charge in [0.25, 0.3) is 5.91 Å². The van der Waals surface area contributed by atoms with Gasteiger partial charge in [0, 0.05) is 29.8 Å². The molecule has 1 aliphatic rings. The van der Waals surface area contributed by atoms with Crippen LogP contribution in [0.5, 0.6) is 0 Å².